The second-order valence-electron chi connectivity index (χ2n) is 14.0. The molecule has 0 spiro atoms. The molecule has 228 valence electrons. The number of amides is 4. The molecule has 9 nitrogen and oxygen atoms in total. The Morgan fingerprint density at radius 1 is 0.767 bits per heavy atom. The zero-order chi connectivity index (χ0) is 30.2. The molecule has 4 aliphatic carbocycles. The van der Waals surface area contributed by atoms with E-state index in [1.165, 1.54) is 4.90 Å². The van der Waals surface area contributed by atoms with E-state index in [1.54, 1.807) is 12.1 Å². The van der Waals surface area contributed by atoms with E-state index in [1.807, 2.05) is 19.9 Å². The second kappa shape index (κ2) is 10.7. The molecule has 7 rings (SSSR count). The molecule has 2 aliphatic heterocycles. The zero-order valence-electron chi connectivity index (χ0n) is 25.0. The third-order valence-corrected chi connectivity index (χ3v) is 11.8. The molecule has 2 saturated heterocycles. The van der Waals surface area contributed by atoms with E-state index in [0.29, 0.717) is 30.2 Å². The van der Waals surface area contributed by atoms with Crippen molar-refractivity contribution < 1.29 is 33.5 Å². The third-order valence-electron chi connectivity index (χ3n) is 11.8. The van der Waals surface area contributed by atoms with Gasteiger partial charge in [0.25, 0.3) is 0 Å². The van der Waals surface area contributed by atoms with Gasteiger partial charge in [-0.25, -0.2) is 4.79 Å². The Labute approximate surface area is 251 Å². The quantitative estimate of drug-likeness (QED) is 0.177. The number of esters is 1. The molecule has 1 aromatic carbocycles. The van der Waals surface area contributed by atoms with E-state index in [9.17, 15) is 28.8 Å². The first kappa shape index (κ1) is 28.4. The number of rotatable bonds is 10. The van der Waals surface area contributed by atoms with Crippen LogP contribution in [0.15, 0.2) is 18.2 Å². The smallest absolute Gasteiger partial charge is 0.329 e. The molecule has 4 amide bonds. The first-order chi connectivity index (χ1) is 20.7. The van der Waals surface area contributed by atoms with E-state index in [0.717, 1.165) is 54.6 Å². The minimum absolute atomic E-state index is 0.0591. The maximum Gasteiger partial charge on any atom is 0.329 e. The van der Waals surface area contributed by atoms with Gasteiger partial charge in [-0.15, -0.1) is 0 Å². The number of hydrogen-bond donors (Lipinski definition) is 0. The van der Waals surface area contributed by atoms with Crippen molar-refractivity contribution in [2.24, 2.45) is 47.3 Å². The number of benzene rings is 1. The molecule has 4 saturated carbocycles. The summed E-state index contributed by atoms with van der Waals surface area (Å²) in [4.78, 5) is 82.3. The molecule has 6 fully saturated rings. The van der Waals surface area contributed by atoms with Crippen molar-refractivity contribution >= 4 is 35.4 Å². The first-order valence-corrected chi connectivity index (χ1v) is 16.1. The van der Waals surface area contributed by atoms with E-state index < -0.39 is 18.6 Å². The number of hydrogen-bond acceptors (Lipinski definition) is 7. The summed E-state index contributed by atoms with van der Waals surface area (Å²) < 4.78 is 5.48. The number of imide groups is 2. The second-order valence-corrected chi connectivity index (χ2v) is 14.0. The van der Waals surface area contributed by atoms with Crippen molar-refractivity contribution in [3.63, 3.8) is 0 Å². The van der Waals surface area contributed by atoms with Gasteiger partial charge in [-0.2, -0.15) is 0 Å². The molecular weight excluding hydrogens is 548 g/mol. The van der Waals surface area contributed by atoms with Gasteiger partial charge in [0.2, 0.25) is 23.6 Å². The van der Waals surface area contributed by atoms with Crippen LogP contribution < -0.4 is 0 Å². The van der Waals surface area contributed by atoms with Gasteiger partial charge >= 0.3 is 5.97 Å². The van der Waals surface area contributed by atoms with E-state index in [-0.39, 0.29) is 77.9 Å². The van der Waals surface area contributed by atoms with Gasteiger partial charge in [-0.05, 0) is 112 Å². The van der Waals surface area contributed by atoms with Crippen LogP contribution in [0.4, 0.5) is 0 Å². The van der Waals surface area contributed by atoms with Crippen molar-refractivity contribution in [3.8, 4) is 0 Å². The van der Waals surface area contributed by atoms with Crippen LogP contribution in [-0.4, -0.2) is 64.4 Å². The summed E-state index contributed by atoms with van der Waals surface area (Å²) in [6, 6.07) is 4.17. The minimum atomic E-state index is -1.13. The monoisotopic (exact) mass is 588 g/mol. The van der Waals surface area contributed by atoms with Crippen LogP contribution in [0.25, 0.3) is 0 Å². The molecule has 6 aliphatic rings. The fraction of sp³-hybridized carbons (Fsp3) is 0.647. The van der Waals surface area contributed by atoms with E-state index in [2.05, 4.69) is 0 Å². The molecule has 9 unspecified atom stereocenters. The molecule has 0 radical (unpaired) electrons. The molecule has 0 aromatic heterocycles. The van der Waals surface area contributed by atoms with Gasteiger partial charge in [-0.1, -0.05) is 12.1 Å². The molecule has 43 heavy (non-hydrogen) atoms. The fourth-order valence-electron chi connectivity index (χ4n) is 9.62. The number of likely N-dealkylation sites (tertiary alicyclic amines) is 2. The van der Waals surface area contributed by atoms with Crippen LogP contribution in [0, 0.1) is 61.2 Å². The molecule has 4 bridgehead atoms. The summed E-state index contributed by atoms with van der Waals surface area (Å²) in [5.41, 5.74) is 2.44. The highest BCUT2D eigenvalue weighted by atomic mass is 16.5. The lowest BCUT2D eigenvalue weighted by Gasteiger charge is -2.26. The Kier molecular flexibility index (Phi) is 7.05. The van der Waals surface area contributed by atoms with Crippen molar-refractivity contribution in [1.82, 2.24) is 9.80 Å². The Bertz CT molecular complexity index is 1360. The van der Waals surface area contributed by atoms with Crippen molar-refractivity contribution in [2.45, 2.75) is 77.7 Å². The first-order valence-electron chi connectivity index (χ1n) is 16.1. The largest absolute Gasteiger partial charge is 0.456 e. The van der Waals surface area contributed by atoms with Crippen LogP contribution in [0.2, 0.25) is 0 Å². The van der Waals surface area contributed by atoms with Gasteiger partial charge in [0.1, 0.15) is 6.04 Å². The highest BCUT2D eigenvalue weighted by Crippen LogP contribution is 2.57. The Morgan fingerprint density at radius 2 is 1.30 bits per heavy atom. The number of ketones is 1. The minimum Gasteiger partial charge on any atom is -0.456 e. The summed E-state index contributed by atoms with van der Waals surface area (Å²) >= 11 is 0. The number of carbonyl (C=O) groups excluding carboxylic acids is 6. The van der Waals surface area contributed by atoms with E-state index in [4.69, 9.17) is 4.74 Å². The average Bonchev–Trinajstić information content (AvgIpc) is 3.84. The molecule has 2 heterocycles. The molecular formula is C34H40N2O7. The van der Waals surface area contributed by atoms with Crippen LogP contribution in [-0.2, 0) is 28.7 Å². The zero-order valence-corrected chi connectivity index (χ0v) is 25.0. The van der Waals surface area contributed by atoms with Crippen LogP contribution in [0.5, 0.6) is 0 Å². The number of unbranched alkanes of at least 4 members (excludes halogenated alkanes) is 1. The summed E-state index contributed by atoms with van der Waals surface area (Å²) in [6.07, 6.45) is 6.83. The standard InChI is InChI=1S/C34H40N2O7/c1-17-6-7-19(13-18(17)2)25(37)16-43-34(42)24(36-32(40)28-22-10-11-23(15-22)29(28)33(36)41)5-3-4-12-35-30(38)26-20-8-9-21(14-20)27(26)31(35)39/h6-7,13,20-24,26-29H,3-5,8-12,14-16H2,1-2H3. The van der Waals surface area contributed by atoms with Crippen molar-refractivity contribution in [2.75, 3.05) is 13.2 Å². The topological polar surface area (TPSA) is 118 Å². The number of aryl methyl sites for hydroxylation is 2. The summed E-state index contributed by atoms with van der Waals surface area (Å²) in [7, 11) is 0. The lowest BCUT2D eigenvalue weighted by atomic mass is 9.81. The Morgan fingerprint density at radius 3 is 1.84 bits per heavy atom. The lowest BCUT2D eigenvalue weighted by molar-refractivity contribution is -0.159. The predicted octanol–water partition coefficient (Wildman–Crippen LogP) is 3.63. The van der Waals surface area contributed by atoms with Gasteiger partial charge in [0, 0.05) is 12.1 Å². The highest BCUT2D eigenvalue weighted by Gasteiger charge is 2.63. The lowest BCUT2D eigenvalue weighted by Crippen LogP contribution is -2.47. The van der Waals surface area contributed by atoms with Gasteiger partial charge in [-0.3, -0.25) is 33.8 Å². The van der Waals surface area contributed by atoms with Gasteiger partial charge in [0.15, 0.2) is 12.4 Å². The number of carbonyl (C=O) groups is 6. The summed E-state index contributed by atoms with van der Waals surface area (Å²) in [6.45, 7) is 3.65. The Balaban J connectivity index is 1.02. The predicted molar refractivity (Wildman–Crippen MR) is 153 cm³/mol. The molecule has 0 N–H and O–H groups in total. The summed E-state index contributed by atoms with van der Waals surface area (Å²) in [5.74, 6) is -1.88. The van der Waals surface area contributed by atoms with Crippen LogP contribution in [0.1, 0.15) is 79.3 Å². The number of ether oxygens (including phenoxy) is 1. The summed E-state index contributed by atoms with van der Waals surface area (Å²) in [5, 5.41) is 0. The molecule has 9 atom stereocenters. The maximum absolute atomic E-state index is 13.6. The van der Waals surface area contributed by atoms with Crippen molar-refractivity contribution in [1.29, 1.82) is 0 Å². The SMILES string of the molecule is Cc1ccc(C(=O)COC(=O)C(CCCCN2C(=O)C3C4CCC(C4)C3C2=O)N2C(=O)C3C4CCC(C4)C3C2=O)cc1C. The van der Waals surface area contributed by atoms with Crippen molar-refractivity contribution in [3.05, 3.63) is 34.9 Å². The average molecular weight is 589 g/mol. The number of nitrogens with zero attached hydrogens (tertiary/aromatic N) is 2. The van der Waals surface area contributed by atoms with Gasteiger partial charge < -0.3 is 4.74 Å². The number of fused-ring (bicyclic) bond motifs is 10. The molecule has 1 aromatic rings. The maximum atomic E-state index is 13.6. The molecule has 9 heteroatoms. The van der Waals surface area contributed by atoms with Gasteiger partial charge in [0.05, 0.1) is 23.7 Å². The fourth-order valence-corrected chi connectivity index (χ4v) is 9.62. The van der Waals surface area contributed by atoms with Crippen LogP contribution in [0.3, 0.4) is 0 Å². The van der Waals surface area contributed by atoms with Crippen LogP contribution >= 0.6 is 0 Å². The van der Waals surface area contributed by atoms with E-state index >= 15 is 0 Å². The normalized spacial score (nSPS) is 34.4. The number of Topliss-reactive ketones (excluding diaryl/α,β-unsaturated/α-hetero) is 1. The third kappa shape index (κ3) is 4.48. The highest BCUT2D eigenvalue weighted by molar-refractivity contribution is 6.09. The Hall–Kier alpha value is -3.36.